The Morgan fingerprint density at radius 1 is 1.47 bits per heavy atom. The van der Waals surface area contributed by atoms with Crippen molar-refractivity contribution in [2.75, 3.05) is 13.7 Å². The van der Waals surface area contributed by atoms with E-state index in [2.05, 4.69) is 0 Å². The van der Waals surface area contributed by atoms with Crippen LogP contribution in [0.1, 0.15) is 35.4 Å². The molecule has 1 aliphatic rings. The summed E-state index contributed by atoms with van der Waals surface area (Å²) in [5.74, 6) is 0.573. The molecule has 0 bridgehead atoms. The normalized spacial score (nSPS) is 24.6. The lowest BCUT2D eigenvalue weighted by Crippen LogP contribution is -2.39. The van der Waals surface area contributed by atoms with Gasteiger partial charge in [0.2, 0.25) is 0 Å². The second kappa shape index (κ2) is 5.65. The summed E-state index contributed by atoms with van der Waals surface area (Å²) >= 11 is 1.50. The molecule has 1 heterocycles. The van der Waals surface area contributed by atoms with Gasteiger partial charge in [-0.15, -0.1) is 11.3 Å². The van der Waals surface area contributed by atoms with E-state index in [1.165, 1.54) is 11.3 Å². The van der Waals surface area contributed by atoms with Crippen molar-refractivity contribution in [1.82, 2.24) is 4.90 Å². The van der Waals surface area contributed by atoms with E-state index >= 15 is 0 Å². The molecule has 1 aromatic rings. The predicted octanol–water partition coefficient (Wildman–Crippen LogP) is 2.37. The summed E-state index contributed by atoms with van der Waals surface area (Å²) in [5.41, 5.74) is 0. The molecule has 94 valence electrons. The third-order valence-corrected chi connectivity index (χ3v) is 4.53. The molecule has 0 spiro atoms. The van der Waals surface area contributed by atoms with Gasteiger partial charge in [-0.25, -0.2) is 0 Å². The Morgan fingerprint density at radius 3 is 2.71 bits per heavy atom. The molecule has 0 atom stereocenters. The van der Waals surface area contributed by atoms with Crippen molar-refractivity contribution in [3.05, 3.63) is 22.4 Å². The van der Waals surface area contributed by atoms with Crippen LogP contribution in [0.15, 0.2) is 17.5 Å². The highest BCUT2D eigenvalue weighted by Gasteiger charge is 2.26. The number of aliphatic hydroxyl groups excluding tert-OH is 1. The van der Waals surface area contributed by atoms with Gasteiger partial charge in [-0.05, 0) is 43.0 Å². The molecule has 1 aliphatic carbocycles. The Morgan fingerprint density at radius 2 is 2.18 bits per heavy atom. The number of aliphatic hydroxyl groups is 1. The van der Waals surface area contributed by atoms with E-state index in [0.29, 0.717) is 12.0 Å². The van der Waals surface area contributed by atoms with E-state index in [1.807, 2.05) is 29.5 Å². The van der Waals surface area contributed by atoms with Gasteiger partial charge in [0.1, 0.15) is 0 Å². The van der Waals surface area contributed by atoms with Crippen LogP contribution in [-0.4, -0.2) is 35.6 Å². The van der Waals surface area contributed by atoms with E-state index in [9.17, 15) is 4.79 Å². The lowest BCUT2D eigenvalue weighted by Gasteiger charge is -2.33. The minimum atomic E-state index is 0.132. The standard InChI is InChI=1S/C13H19NO2S/c1-14(13(16)12-3-2-8-17-12)11-6-4-10(9-15)5-7-11/h2-3,8,10-11,15H,4-7,9H2,1H3. The van der Waals surface area contributed by atoms with Gasteiger partial charge in [-0.1, -0.05) is 6.07 Å². The van der Waals surface area contributed by atoms with Crippen LogP contribution in [0.4, 0.5) is 0 Å². The average molecular weight is 253 g/mol. The first-order valence-electron chi connectivity index (χ1n) is 6.14. The van der Waals surface area contributed by atoms with E-state index in [0.717, 1.165) is 30.6 Å². The first-order valence-corrected chi connectivity index (χ1v) is 7.02. The molecule has 1 N–H and O–H groups in total. The fourth-order valence-corrected chi connectivity index (χ4v) is 3.16. The molecule has 1 saturated carbocycles. The molecule has 3 nitrogen and oxygen atoms in total. The van der Waals surface area contributed by atoms with Crippen LogP contribution in [-0.2, 0) is 0 Å². The average Bonchev–Trinajstić information content (AvgIpc) is 2.91. The summed E-state index contributed by atoms with van der Waals surface area (Å²) in [5, 5.41) is 11.0. The fourth-order valence-electron chi connectivity index (χ4n) is 2.45. The van der Waals surface area contributed by atoms with Gasteiger partial charge in [-0.2, -0.15) is 0 Å². The summed E-state index contributed by atoms with van der Waals surface area (Å²) in [6, 6.07) is 4.13. The first kappa shape index (κ1) is 12.6. The molecule has 1 aromatic heterocycles. The highest BCUT2D eigenvalue weighted by atomic mass is 32.1. The number of hydrogen-bond acceptors (Lipinski definition) is 3. The molecule has 1 amide bonds. The molecule has 2 rings (SSSR count). The van der Waals surface area contributed by atoms with Crippen molar-refractivity contribution >= 4 is 17.2 Å². The lowest BCUT2D eigenvalue weighted by molar-refractivity contribution is 0.0657. The van der Waals surface area contributed by atoms with Gasteiger partial charge in [0.25, 0.3) is 5.91 Å². The maximum atomic E-state index is 12.1. The number of amides is 1. The van der Waals surface area contributed by atoms with E-state index in [-0.39, 0.29) is 12.5 Å². The van der Waals surface area contributed by atoms with Gasteiger partial charge in [0, 0.05) is 19.7 Å². The molecule has 1 fully saturated rings. The van der Waals surface area contributed by atoms with Gasteiger partial charge in [0.05, 0.1) is 4.88 Å². The van der Waals surface area contributed by atoms with Crippen molar-refractivity contribution in [1.29, 1.82) is 0 Å². The third-order valence-electron chi connectivity index (χ3n) is 3.67. The van der Waals surface area contributed by atoms with Crippen molar-refractivity contribution in [3.63, 3.8) is 0 Å². The third kappa shape index (κ3) is 2.87. The minimum absolute atomic E-state index is 0.132. The number of carbonyl (C=O) groups is 1. The van der Waals surface area contributed by atoms with E-state index < -0.39 is 0 Å². The van der Waals surface area contributed by atoms with Crippen LogP contribution in [0.5, 0.6) is 0 Å². The van der Waals surface area contributed by atoms with Crippen molar-refractivity contribution in [2.45, 2.75) is 31.7 Å². The van der Waals surface area contributed by atoms with Gasteiger partial charge >= 0.3 is 0 Å². The SMILES string of the molecule is CN(C(=O)c1cccs1)C1CCC(CO)CC1. The molecule has 4 heteroatoms. The molecule has 0 radical (unpaired) electrons. The molecule has 0 saturated heterocycles. The van der Waals surface area contributed by atoms with Crippen molar-refractivity contribution < 1.29 is 9.90 Å². The van der Waals surface area contributed by atoms with Crippen LogP contribution in [0.3, 0.4) is 0 Å². The Bertz CT molecular complexity index is 356. The number of nitrogens with zero attached hydrogens (tertiary/aromatic N) is 1. The molecular formula is C13H19NO2S. The number of thiophene rings is 1. The van der Waals surface area contributed by atoms with Crippen LogP contribution in [0.2, 0.25) is 0 Å². The number of rotatable bonds is 3. The topological polar surface area (TPSA) is 40.5 Å². The highest BCUT2D eigenvalue weighted by Crippen LogP contribution is 2.27. The quantitative estimate of drug-likeness (QED) is 0.898. The molecular weight excluding hydrogens is 234 g/mol. The maximum absolute atomic E-state index is 12.1. The second-order valence-corrected chi connectivity index (χ2v) is 5.70. The zero-order valence-electron chi connectivity index (χ0n) is 10.1. The zero-order chi connectivity index (χ0) is 12.3. The molecule has 0 aromatic carbocycles. The van der Waals surface area contributed by atoms with Crippen molar-refractivity contribution in [3.8, 4) is 0 Å². The van der Waals surface area contributed by atoms with Gasteiger partial charge in [-0.3, -0.25) is 4.79 Å². The highest BCUT2D eigenvalue weighted by molar-refractivity contribution is 7.12. The fraction of sp³-hybridized carbons (Fsp3) is 0.615. The van der Waals surface area contributed by atoms with Gasteiger partial charge in [0.15, 0.2) is 0 Å². The van der Waals surface area contributed by atoms with Crippen LogP contribution in [0, 0.1) is 5.92 Å². The lowest BCUT2D eigenvalue weighted by atomic mass is 9.86. The largest absolute Gasteiger partial charge is 0.396 e. The second-order valence-electron chi connectivity index (χ2n) is 4.75. The van der Waals surface area contributed by atoms with E-state index in [4.69, 9.17) is 5.11 Å². The number of carbonyl (C=O) groups excluding carboxylic acids is 1. The van der Waals surface area contributed by atoms with Crippen LogP contribution >= 0.6 is 11.3 Å². The first-order chi connectivity index (χ1) is 8.22. The summed E-state index contributed by atoms with van der Waals surface area (Å²) in [4.78, 5) is 14.8. The Balaban J connectivity index is 1.92. The monoisotopic (exact) mass is 253 g/mol. The predicted molar refractivity (Wildman–Crippen MR) is 69.2 cm³/mol. The molecule has 0 aliphatic heterocycles. The summed E-state index contributed by atoms with van der Waals surface area (Å²) in [6.07, 6.45) is 4.09. The van der Waals surface area contributed by atoms with Crippen LogP contribution < -0.4 is 0 Å². The molecule has 0 unspecified atom stereocenters. The molecule has 17 heavy (non-hydrogen) atoms. The smallest absolute Gasteiger partial charge is 0.263 e. The Hall–Kier alpha value is -0.870. The van der Waals surface area contributed by atoms with Crippen molar-refractivity contribution in [2.24, 2.45) is 5.92 Å². The number of hydrogen-bond donors (Lipinski definition) is 1. The van der Waals surface area contributed by atoms with Gasteiger partial charge < -0.3 is 10.0 Å². The van der Waals surface area contributed by atoms with Crippen LogP contribution in [0.25, 0.3) is 0 Å². The Kier molecular flexibility index (Phi) is 4.18. The van der Waals surface area contributed by atoms with E-state index in [1.54, 1.807) is 0 Å². The zero-order valence-corrected chi connectivity index (χ0v) is 10.9. The minimum Gasteiger partial charge on any atom is -0.396 e. The maximum Gasteiger partial charge on any atom is 0.263 e. The summed E-state index contributed by atoms with van der Waals surface area (Å²) in [7, 11) is 1.89. The summed E-state index contributed by atoms with van der Waals surface area (Å²) in [6.45, 7) is 0.287. The Labute approximate surface area is 106 Å². The summed E-state index contributed by atoms with van der Waals surface area (Å²) < 4.78 is 0.